The monoisotopic (exact) mass is 834 g/mol. The van der Waals surface area contributed by atoms with Crippen molar-refractivity contribution in [2.24, 2.45) is 0 Å². The Hall–Kier alpha value is -5.78. The van der Waals surface area contributed by atoms with Gasteiger partial charge in [-0.3, -0.25) is 0 Å². The molecule has 0 unspecified atom stereocenters. The molecular formula is C58H51BN2OS. The minimum Gasteiger partial charge on any atom is -0.455 e. The maximum atomic E-state index is 7.11. The van der Waals surface area contributed by atoms with Gasteiger partial charge in [0.1, 0.15) is 11.2 Å². The number of anilines is 3. The van der Waals surface area contributed by atoms with E-state index in [4.69, 9.17) is 4.42 Å². The average molecular weight is 835 g/mol. The van der Waals surface area contributed by atoms with Gasteiger partial charge in [-0.25, -0.2) is 0 Å². The van der Waals surface area contributed by atoms with Gasteiger partial charge in [-0.1, -0.05) is 122 Å². The molecule has 0 saturated heterocycles. The van der Waals surface area contributed by atoms with Crippen molar-refractivity contribution in [2.75, 3.05) is 4.90 Å². The summed E-state index contributed by atoms with van der Waals surface area (Å²) in [4.78, 5) is 2.71. The van der Waals surface area contributed by atoms with E-state index in [1.54, 1.807) is 0 Å². The lowest BCUT2D eigenvalue weighted by molar-refractivity contribution is 0.332. The quantitative estimate of drug-likeness (QED) is 0.154. The second-order valence-electron chi connectivity index (χ2n) is 22.2. The van der Waals surface area contributed by atoms with E-state index >= 15 is 0 Å². The van der Waals surface area contributed by atoms with Gasteiger partial charge in [0.05, 0.1) is 5.69 Å². The summed E-state index contributed by atoms with van der Waals surface area (Å²) in [6.07, 6.45) is 4.74. The number of hydrogen-bond acceptors (Lipinski definition) is 3. The molecule has 0 N–H and O–H groups in total. The van der Waals surface area contributed by atoms with Gasteiger partial charge in [-0.15, -0.1) is 11.3 Å². The van der Waals surface area contributed by atoms with Gasteiger partial charge < -0.3 is 13.8 Å². The highest BCUT2D eigenvalue weighted by atomic mass is 32.1. The minimum atomic E-state index is -0.0571. The van der Waals surface area contributed by atoms with Crippen LogP contribution in [-0.2, 0) is 21.7 Å². The molecule has 10 aromatic rings. The number of para-hydroxylation sites is 2. The van der Waals surface area contributed by atoms with E-state index in [1.807, 2.05) is 11.3 Å². The van der Waals surface area contributed by atoms with Gasteiger partial charge in [0.2, 0.25) is 0 Å². The van der Waals surface area contributed by atoms with Crippen molar-refractivity contribution in [2.45, 2.75) is 103 Å². The van der Waals surface area contributed by atoms with Crippen LogP contribution in [0.4, 0.5) is 17.1 Å². The first-order chi connectivity index (χ1) is 30.2. The number of rotatable bonds is 1. The van der Waals surface area contributed by atoms with E-state index in [0.717, 1.165) is 11.2 Å². The van der Waals surface area contributed by atoms with Crippen LogP contribution in [0.25, 0.3) is 75.7 Å². The fraction of sp³-hybridized carbons (Fsp3) is 0.276. The molecule has 0 atom stereocenters. The minimum absolute atomic E-state index is 0.0571. The lowest BCUT2D eigenvalue weighted by atomic mass is 9.48. The number of fused-ring (bicyclic) bond motifs is 16. The molecule has 4 aliphatic rings. The van der Waals surface area contributed by atoms with Crippen LogP contribution in [0.1, 0.15) is 103 Å². The van der Waals surface area contributed by atoms with Crippen molar-refractivity contribution in [1.82, 2.24) is 4.48 Å². The Morgan fingerprint density at radius 2 is 1.21 bits per heavy atom. The zero-order valence-electron chi connectivity index (χ0n) is 37.6. The number of benzene rings is 7. The summed E-state index contributed by atoms with van der Waals surface area (Å²) in [6, 6.07) is 44.8. The van der Waals surface area contributed by atoms with E-state index in [9.17, 15) is 0 Å². The van der Waals surface area contributed by atoms with Crippen LogP contribution in [0.2, 0.25) is 0 Å². The molecule has 2 aliphatic heterocycles. The Labute approximate surface area is 373 Å². The third-order valence-electron chi connectivity index (χ3n) is 16.6. The van der Waals surface area contributed by atoms with Crippen molar-refractivity contribution in [1.29, 1.82) is 0 Å². The van der Waals surface area contributed by atoms with Gasteiger partial charge in [-0.2, -0.15) is 0 Å². The molecule has 7 aromatic carbocycles. The van der Waals surface area contributed by atoms with Crippen LogP contribution in [0.5, 0.6) is 0 Å². The highest BCUT2D eigenvalue weighted by Crippen LogP contribution is 2.55. The first kappa shape index (κ1) is 36.7. The average Bonchev–Trinajstić information content (AvgIpc) is 3.94. The SMILES string of the molecule is CC1(C)CCC(C)(C)c2cc(N3c4cc5c(oc6ccccc65)c5c4B(c4sc6cc7c(cc6c43)C(C)(C)CCC7(C)C)n3c4cc6ccccc6cc4c4cccc-5c43)ccc21. The maximum absolute atomic E-state index is 7.11. The van der Waals surface area contributed by atoms with Crippen molar-refractivity contribution in [3.8, 4) is 11.1 Å². The van der Waals surface area contributed by atoms with Crippen molar-refractivity contribution in [3.63, 3.8) is 0 Å². The molecule has 0 radical (unpaired) electrons. The molecule has 0 spiro atoms. The van der Waals surface area contributed by atoms with Crippen LogP contribution < -0.4 is 15.1 Å². The van der Waals surface area contributed by atoms with Gasteiger partial charge in [0.15, 0.2) is 0 Å². The maximum Gasteiger partial charge on any atom is 0.343 e. The van der Waals surface area contributed by atoms with Crippen molar-refractivity contribution < 1.29 is 4.42 Å². The molecule has 308 valence electrons. The van der Waals surface area contributed by atoms with Crippen LogP contribution in [0.15, 0.2) is 120 Å². The van der Waals surface area contributed by atoms with Crippen LogP contribution >= 0.6 is 11.3 Å². The lowest BCUT2D eigenvalue weighted by Gasteiger charge is -2.44. The molecule has 2 aliphatic carbocycles. The second kappa shape index (κ2) is 11.7. The molecule has 0 fully saturated rings. The molecule has 3 aromatic heterocycles. The van der Waals surface area contributed by atoms with Gasteiger partial charge in [-0.05, 0) is 134 Å². The van der Waals surface area contributed by atoms with Gasteiger partial charge in [0, 0.05) is 69.9 Å². The Bertz CT molecular complexity index is 3720. The zero-order chi connectivity index (χ0) is 42.7. The predicted molar refractivity (Wildman–Crippen MR) is 271 cm³/mol. The van der Waals surface area contributed by atoms with Crippen molar-refractivity contribution >= 4 is 110 Å². The third kappa shape index (κ3) is 4.62. The second-order valence-corrected chi connectivity index (χ2v) is 23.2. The first-order valence-corrected chi connectivity index (χ1v) is 24.0. The van der Waals surface area contributed by atoms with Gasteiger partial charge >= 0.3 is 6.85 Å². The molecule has 3 nitrogen and oxygen atoms in total. The summed E-state index contributed by atoms with van der Waals surface area (Å²) in [5.74, 6) is 0. The summed E-state index contributed by atoms with van der Waals surface area (Å²) >= 11 is 2.03. The predicted octanol–water partition coefficient (Wildman–Crippen LogP) is 15.2. The summed E-state index contributed by atoms with van der Waals surface area (Å²) in [5, 5.41) is 8.88. The number of aromatic nitrogens is 1. The molecular weight excluding hydrogens is 784 g/mol. The topological polar surface area (TPSA) is 21.3 Å². The number of thiophene rings is 1. The molecule has 0 saturated carbocycles. The van der Waals surface area contributed by atoms with Crippen LogP contribution in [-0.4, -0.2) is 11.3 Å². The first-order valence-electron chi connectivity index (χ1n) is 23.2. The third-order valence-corrected chi connectivity index (χ3v) is 17.8. The summed E-state index contributed by atoms with van der Waals surface area (Å²) in [6.45, 7) is 19.7. The normalized spacial score (nSPS) is 18.7. The Kier molecular flexibility index (Phi) is 6.79. The van der Waals surface area contributed by atoms with Gasteiger partial charge in [0.25, 0.3) is 0 Å². The summed E-state index contributed by atoms with van der Waals surface area (Å²) < 4.78 is 12.6. The fourth-order valence-corrected chi connectivity index (χ4v) is 14.2. The van der Waals surface area contributed by atoms with Crippen molar-refractivity contribution in [3.05, 3.63) is 138 Å². The van der Waals surface area contributed by atoms with E-state index < -0.39 is 0 Å². The highest BCUT2D eigenvalue weighted by Gasteiger charge is 2.48. The number of hydrogen-bond donors (Lipinski definition) is 0. The largest absolute Gasteiger partial charge is 0.455 e. The molecule has 0 bridgehead atoms. The highest BCUT2D eigenvalue weighted by molar-refractivity contribution is 7.32. The number of furan rings is 1. The molecule has 0 amide bonds. The van der Waals surface area contributed by atoms with Crippen LogP contribution in [0.3, 0.4) is 0 Å². The molecule has 14 rings (SSSR count). The lowest BCUT2D eigenvalue weighted by Crippen LogP contribution is -2.55. The summed E-state index contributed by atoms with van der Waals surface area (Å²) in [7, 11) is 0. The Balaban J connectivity index is 1.19. The Morgan fingerprint density at radius 3 is 1.97 bits per heavy atom. The summed E-state index contributed by atoms with van der Waals surface area (Å²) in [5.41, 5.74) is 18.6. The van der Waals surface area contributed by atoms with E-state index in [2.05, 4.69) is 180 Å². The fourth-order valence-electron chi connectivity index (χ4n) is 12.9. The van der Waals surface area contributed by atoms with Crippen LogP contribution in [0, 0.1) is 0 Å². The Morgan fingerprint density at radius 1 is 0.556 bits per heavy atom. The standard InChI is InChI=1S/C58H51BN2OS/c1-55(2)22-23-56(3,4)42-28-34(20-21-41(42)55)60-46-30-39-35-16-11-12-19-47(35)62-53(39)49-37-18-13-17-36-38-26-32-14-9-10-15-33(32)27-45(38)61(51(36)37)59(50(46)49)54-52(60)40-29-43-44(31-48(40)63-54)58(7,8)25-24-57(43,5)6/h9-21,26-31H,22-25H2,1-8H3. The zero-order valence-corrected chi connectivity index (χ0v) is 38.4. The molecule has 63 heavy (non-hydrogen) atoms. The smallest absolute Gasteiger partial charge is 0.343 e. The number of nitrogens with zero attached hydrogens (tertiary/aromatic N) is 2. The van der Waals surface area contributed by atoms with E-state index in [1.165, 1.54) is 140 Å². The molecule has 5 heterocycles. The van der Waals surface area contributed by atoms with E-state index in [-0.39, 0.29) is 28.5 Å². The van der Waals surface area contributed by atoms with E-state index in [0.29, 0.717) is 0 Å². The molecule has 5 heteroatoms.